The van der Waals surface area contributed by atoms with Gasteiger partial charge in [-0.3, -0.25) is 4.79 Å². The van der Waals surface area contributed by atoms with Crippen molar-refractivity contribution in [2.45, 2.75) is 11.8 Å². The molecule has 2 unspecified atom stereocenters. The number of benzene rings is 4. The summed E-state index contributed by atoms with van der Waals surface area (Å²) >= 11 is 0. The molecule has 0 amide bonds. The quantitative estimate of drug-likeness (QED) is 0.185. The monoisotopic (exact) mass is 542 g/mol. The van der Waals surface area contributed by atoms with Gasteiger partial charge in [0, 0.05) is 0 Å². The third kappa shape index (κ3) is 6.86. The van der Waals surface area contributed by atoms with Crippen molar-refractivity contribution in [2.24, 2.45) is 0 Å². The van der Waals surface area contributed by atoms with Gasteiger partial charge in [-0.15, -0.1) is 0 Å². The Balaban J connectivity index is 1.69. The molecule has 208 valence electrons. The molecule has 7 heteroatoms. The normalized spacial score (nSPS) is 12.1. The predicted molar refractivity (Wildman–Crippen MR) is 153 cm³/mol. The van der Waals surface area contributed by atoms with Crippen LogP contribution in [0.15, 0.2) is 97.1 Å². The van der Waals surface area contributed by atoms with Gasteiger partial charge in [-0.2, -0.15) is 0 Å². The summed E-state index contributed by atoms with van der Waals surface area (Å²) in [5.41, 5.74) is 1.60. The second-order valence-electron chi connectivity index (χ2n) is 8.98. The van der Waals surface area contributed by atoms with Crippen LogP contribution in [0.5, 0.6) is 34.5 Å². The van der Waals surface area contributed by atoms with Crippen molar-refractivity contribution in [3.63, 3.8) is 0 Å². The van der Waals surface area contributed by atoms with Crippen molar-refractivity contribution in [2.75, 3.05) is 41.7 Å². The lowest BCUT2D eigenvalue weighted by Crippen LogP contribution is -2.29. The molecule has 0 radical (unpaired) electrons. The summed E-state index contributed by atoms with van der Waals surface area (Å²) in [4.78, 5) is 14.4. The van der Waals surface area contributed by atoms with Gasteiger partial charge in [0.05, 0.1) is 40.3 Å². The smallest absolute Gasteiger partial charge is 0.161 e. The van der Waals surface area contributed by atoms with E-state index in [0.717, 1.165) is 11.1 Å². The summed E-state index contributed by atoms with van der Waals surface area (Å²) in [7, 11) is 6.39. The van der Waals surface area contributed by atoms with Gasteiger partial charge >= 0.3 is 0 Å². The number of rotatable bonds is 14. The number of carbonyl (C=O) groups excluding carboxylic acids is 1. The van der Waals surface area contributed by atoms with Crippen molar-refractivity contribution in [3.8, 4) is 34.5 Å². The second kappa shape index (κ2) is 13.9. The van der Waals surface area contributed by atoms with Crippen molar-refractivity contribution in [1.82, 2.24) is 0 Å². The van der Waals surface area contributed by atoms with Crippen molar-refractivity contribution in [3.05, 3.63) is 108 Å². The third-order valence-electron chi connectivity index (χ3n) is 6.67. The fourth-order valence-electron chi connectivity index (χ4n) is 4.42. The number of ether oxygens (including phenoxy) is 6. The molecule has 0 spiro atoms. The Labute approximate surface area is 235 Å². The Kier molecular flexibility index (Phi) is 9.88. The minimum Gasteiger partial charge on any atom is -0.497 e. The van der Waals surface area contributed by atoms with Crippen LogP contribution in [0.3, 0.4) is 0 Å². The van der Waals surface area contributed by atoms with E-state index in [4.69, 9.17) is 28.4 Å². The highest BCUT2D eigenvalue weighted by Gasteiger charge is 2.31. The van der Waals surface area contributed by atoms with Crippen LogP contribution >= 0.6 is 0 Å². The average molecular weight is 543 g/mol. The molecule has 0 aromatic heterocycles. The minimum absolute atomic E-state index is 0.0554. The van der Waals surface area contributed by atoms with Crippen LogP contribution in [-0.4, -0.2) is 47.4 Å². The minimum atomic E-state index is -0.607. The molecule has 0 aliphatic rings. The molecule has 7 nitrogen and oxygen atoms in total. The first-order valence-electron chi connectivity index (χ1n) is 12.9. The standard InChI is InChI=1S/C33H34O7/c1-35-25-17-13-23(14-18-25)27(21-39-31-11-7-5-9-29(31)37-3)33(34)28(24-15-19-26(36-2)20-16-24)22-40-32-12-8-6-10-30(32)38-4/h5-20,27-28H,21-22H2,1-4H3. The summed E-state index contributed by atoms with van der Waals surface area (Å²) in [6, 6.07) is 29.7. The molecule has 0 aliphatic carbocycles. The summed E-state index contributed by atoms with van der Waals surface area (Å²) < 4.78 is 34.0. The number of methoxy groups -OCH3 is 4. The first-order valence-corrected chi connectivity index (χ1v) is 12.9. The van der Waals surface area contributed by atoms with Gasteiger partial charge in [0.15, 0.2) is 28.8 Å². The Morgan fingerprint density at radius 1 is 0.500 bits per heavy atom. The summed E-state index contributed by atoms with van der Waals surface area (Å²) in [6.07, 6.45) is 0. The number of hydrogen-bond acceptors (Lipinski definition) is 7. The third-order valence-corrected chi connectivity index (χ3v) is 6.67. The van der Waals surface area contributed by atoms with Crippen molar-refractivity contribution < 1.29 is 33.2 Å². The zero-order chi connectivity index (χ0) is 28.3. The Morgan fingerprint density at radius 3 is 1.18 bits per heavy atom. The lowest BCUT2D eigenvalue weighted by molar-refractivity contribution is -0.123. The van der Waals surface area contributed by atoms with Gasteiger partial charge in [-0.05, 0) is 59.7 Å². The number of Topliss-reactive ketones (excluding diaryl/α,β-unsaturated/α-hetero) is 1. The predicted octanol–water partition coefficient (Wildman–Crippen LogP) is 6.32. The summed E-state index contributed by atoms with van der Waals surface area (Å²) in [6.45, 7) is 0.208. The SMILES string of the molecule is COc1ccc(C(COc2ccccc2OC)C(=O)C(COc2ccccc2OC)c2ccc(OC)cc2)cc1. The Bertz CT molecular complexity index is 1260. The van der Waals surface area contributed by atoms with Gasteiger partial charge in [0.25, 0.3) is 0 Å². The average Bonchev–Trinajstić information content (AvgIpc) is 3.02. The molecular formula is C33H34O7. The number of hydrogen-bond donors (Lipinski definition) is 0. The van der Waals surface area contributed by atoms with Crippen molar-refractivity contribution >= 4 is 5.78 Å². The van der Waals surface area contributed by atoms with Crippen LogP contribution in [0.2, 0.25) is 0 Å². The van der Waals surface area contributed by atoms with E-state index in [0.29, 0.717) is 34.5 Å². The zero-order valence-corrected chi connectivity index (χ0v) is 23.2. The Morgan fingerprint density at radius 2 is 0.850 bits per heavy atom. The maximum atomic E-state index is 14.4. The van der Waals surface area contributed by atoms with E-state index in [1.54, 1.807) is 28.4 Å². The molecule has 0 saturated carbocycles. The fourth-order valence-corrected chi connectivity index (χ4v) is 4.42. The fraction of sp³-hybridized carbons (Fsp3) is 0.242. The van der Waals surface area contributed by atoms with Gasteiger partial charge < -0.3 is 28.4 Å². The molecule has 0 bridgehead atoms. The van der Waals surface area contributed by atoms with Crippen molar-refractivity contribution in [1.29, 1.82) is 0 Å². The van der Waals surface area contributed by atoms with Gasteiger partial charge in [0.1, 0.15) is 24.7 Å². The number of para-hydroxylation sites is 4. The molecule has 0 N–H and O–H groups in total. The summed E-state index contributed by atoms with van der Waals surface area (Å²) in [5.74, 6) is 2.43. The second-order valence-corrected chi connectivity index (χ2v) is 8.98. The maximum absolute atomic E-state index is 14.4. The number of carbonyl (C=O) groups is 1. The van der Waals surface area contributed by atoms with Gasteiger partial charge in [-0.25, -0.2) is 0 Å². The molecule has 0 saturated heterocycles. The van der Waals surface area contributed by atoms with Crippen LogP contribution in [0, 0.1) is 0 Å². The molecule has 40 heavy (non-hydrogen) atoms. The van der Waals surface area contributed by atoms with Crippen LogP contribution in [0.25, 0.3) is 0 Å². The van der Waals surface area contributed by atoms with E-state index < -0.39 is 11.8 Å². The van der Waals surface area contributed by atoms with Gasteiger partial charge in [-0.1, -0.05) is 48.5 Å². The highest BCUT2D eigenvalue weighted by Crippen LogP contribution is 2.34. The lowest BCUT2D eigenvalue weighted by Gasteiger charge is -2.25. The van der Waals surface area contributed by atoms with Gasteiger partial charge in [0.2, 0.25) is 0 Å². The molecule has 4 aromatic carbocycles. The molecule has 4 rings (SSSR count). The molecule has 0 aliphatic heterocycles. The molecule has 2 atom stereocenters. The molecule has 0 fully saturated rings. The maximum Gasteiger partial charge on any atom is 0.161 e. The van der Waals surface area contributed by atoms with E-state index in [1.807, 2.05) is 97.1 Å². The largest absolute Gasteiger partial charge is 0.497 e. The first kappa shape index (κ1) is 28.4. The van der Waals surface area contributed by atoms with Crippen LogP contribution < -0.4 is 28.4 Å². The summed E-state index contributed by atoms with van der Waals surface area (Å²) in [5, 5.41) is 0. The number of ketones is 1. The van der Waals surface area contributed by atoms with E-state index >= 15 is 0 Å². The van der Waals surface area contributed by atoms with Crippen LogP contribution in [0.4, 0.5) is 0 Å². The Hall–Kier alpha value is -4.65. The zero-order valence-electron chi connectivity index (χ0n) is 23.2. The van der Waals surface area contributed by atoms with E-state index in [1.165, 1.54) is 0 Å². The molecular weight excluding hydrogens is 508 g/mol. The van der Waals surface area contributed by atoms with Crippen LogP contribution in [-0.2, 0) is 4.79 Å². The van der Waals surface area contributed by atoms with E-state index in [9.17, 15) is 4.79 Å². The van der Waals surface area contributed by atoms with E-state index in [2.05, 4.69) is 0 Å². The van der Waals surface area contributed by atoms with E-state index in [-0.39, 0.29) is 19.0 Å². The molecule has 4 aromatic rings. The molecule has 0 heterocycles. The lowest BCUT2D eigenvalue weighted by atomic mass is 9.84. The highest BCUT2D eigenvalue weighted by molar-refractivity contribution is 5.92. The van der Waals surface area contributed by atoms with Crippen LogP contribution in [0.1, 0.15) is 23.0 Å². The highest BCUT2D eigenvalue weighted by atomic mass is 16.5. The first-order chi connectivity index (χ1) is 19.6. The topological polar surface area (TPSA) is 72.5 Å².